The van der Waals surface area contributed by atoms with Gasteiger partial charge in [0.2, 0.25) is 0 Å². The summed E-state index contributed by atoms with van der Waals surface area (Å²) in [5, 5.41) is 0. The summed E-state index contributed by atoms with van der Waals surface area (Å²) >= 11 is 0. The van der Waals surface area contributed by atoms with Gasteiger partial charge in [0, 0.05) is 0 Å². The second kappa shape index (κ2) is 11.9. The predicted octanol–water partition coefficient (Wildman–Crippen LogP) is 0.931. The van der Waals surface area contributed by atoms with Crippen molar-refractivity contribution < 1.29 is 0 Å². The van der Waals surface area contributed by atoms with Crippen LogP contribution in [-0.4, -0.2) is 82.2 Å². The maximum absolute atomic E-state index is 5.56. The van der Waals surface area contributed by atoms with Gasteiger partial charge in [0.1, 0.15) is 0 Å². The van der Waals surface area contributed by atoms with Gasteiger partial charge in [0.25, 0.3) is 0 Å². The molecule has 0 aromatic carbocycles. The molecule has 18 heavy (non-hydrogen) atoms. The fourth-order valence-electron chi connectivity index (χ4n) is 2.04. The van der Waals surface area contributed by atoms with Crippen LogP contribution < -0.4 is 5.73 Å². The van der Waals surface area contributed by atoms with Crippen LogP contribution in [0.25, 0.3) is 0 Å². The van der Waals surface area contributed by atoms with Gasteiger partial charge in [-0.25, -0.2) is 0 Å². The monoisotopic (exact) mass is 258 g/mol. The van der Waals surface area contributed by atoms with Gasteiger partial charge in [-0.1, -0.05) is 0 Å². The lowest BCUT2D eigenvalue weighted by atomic mass is 10.2. The van der Waals surface area contributed by atoms with Gasteiger partial charge in [0.15, 0.2) is 0 Å². The Kier molecular flexibility index (Phi) is 11.8. The minimum absolute atomic E-state index is 0.823. The maximum atomic E-state index is 5.56. The molecule has 4 heteroatoms. The summed E-state index contributed by atoms with van der Waals surface area (Å²) in [4.78, 5) is 7.12. The Morgan fingerprint density at radius 3 is 1.44 bits per heavy atom. The largest absolute Gasteiger partial charge is 0.330 e. The molecule has 0 aliphatic rings. The molecule has 0 amide bonds. The molecule has 0 radical (unpaired) electrons. The molecule has 0 aromatic heterocycles. The standard InChI is InChI=1S/C14H34N4/c1-16(2)10-7-13-18(12-6-5-9-15)14-8-11-17(3)4/h5-15H2,1-4H3. The van der Waals surface area contributed by atoms with Gasteiger partial charge in [-0.2, -0.15) is 0 Å². The van der Waals surface area contributed by atoms with E-state index in [1.165, 1.54) is 52.0 Å². The smallest absolute Gasteiger partial charge is 0.000654 e. The molecular weight excluding hydrogens is 224 g/mol. The number of hydrogen-bond donors (Lipinski definition) is 1. The molecule has 4 nitrogen and oxygen atoms in total. The second-order valence-corrected chi connectivity index (χ2v) is 5.65. The molecule has 0 rings (SSSR count). The first-order valence-corrected chi connectivity index (χ1v) is 7.28. The summed E-state index contributed by atoms with van der Waals surface area (Å²) in [6.45, 7) is 6.83. The number of nitrogens with two attached hydrogens (primary N) is 1. The van der Waals surface area contributed by atoms with E-state index in [2.05, 4.69) is 42.9 Å². The zero-order chi connectivity index (χ0) is 13.8. The molecule has 0 saturated heterocycles. The molecule has 0 saturated carbocycles. The lowest BCUT2D eigenvalue weighted by Gasteiger charge is -2.24. The number of rotatable bonds is 12. The average molecular weight is 258 g/mol. The fourth-order valence-corrected chi connectivity index (χ4v) is 2.04. The summed E-state index contributed by atoms with van der Waals surface area (Å²) in [5.74, 6) is 0. The van der Waals surface area contributed by atoms with Crippen molar-refractivity contribution in [2.45, 2.75) is 25.7 Å². The van der Waals surface area contributed by atoms with E-state index in [0.717, 1.165) is 13.0 Å². The van der Waals surface area contributed by atoms with Crippen molar-refractivity contribution in [3.8, 4) is 0 Å². The lowest BCUT2D eigenvalue weighted by Crippen LogP contribution is -2.31. The third-order valence-corrected chi connectivity index (χ3v) is 3.09. The first kappa shape index (κ1) is 17.8. The molecule has 110 valence electrons. The number of hydrogen-bond acceptors (Lipinski definition) is 4. The van der Waals surface area contributed by atoms with Gasteiger partial charge in [-0.3, -0.25) is 0 Å². The SMILES string of the molecule is CN(C)CCCN(CCCCN)CCCN(C)C. The van der Waals surface area contributed by atoms with E-state index in [9.17, 15) is 0 Å². The highest BCUT2D eigenvalue weighted by molar-refractivity contribution is 4.61. The summed E-state index contributed by atoms with van der Waals surface area (Å²) in [6, 6.07) is 0. The van der Waals surface area contributed by atoms with Crippen LogP contribution in [0.5, 0.6) is 0 Å². The van der Waals surface area contributed by atoms with Gasteiger partial charge in [0.05, 0.1) is 0 Å². The van der Waals surface area contributed by atoms with Crippen LogP contribution in [0.4, 0.5) is 0 Å². The molecule has 0 bridgehead atoms. The molecule has 2 N–H and O–H groups in total. The van der Waals surface area contributed by atoms with Crippen molar-refractivity contribution >= 4 is 0 Å². The van der Waals surface area contributed by atoms with E-state index in [1.807, 2.05) is 0 Å². The minimum atomic E-state index is 0.823. The Morgan fingerprint density at radius 2 is 1.06 bits per heavy atom. The van der Waals surface area contributed by atoms with E-state index < -0.39 is 0 Å². The van der Waals surface area contributed by atoms with Crippen molar-refractivity contribution in [1.29, 1.82) is 0 Å². The molecular formula is C14H34N4. The summed E-state index contributed by atoms with van der Waals surface area (Å²) in [5.41, 5.74) is 5.56. The Balaban J connectivity index is 3.76. The predicted molar refractivity (Wildman–Crippen MR) is 81.1 cm³/mol. The van der Waals surface area contributed by atoms with Crippen molar-refractivity contribution in [2.75, 3.05) is 67.5 Å². The van der Waals surface area contributed by atoms with Gasteiger partial charge < -0.3 is 20.4 Å². The summed E-state index contributed by atoms with van der Waals surface area (Å²) in [7, 11) is 8.57. The second-order valence-electron chi connectivity index (χ2n) is 5.65. The van der Waals surface area contributed by atoms with Crippen molar-refractivity contribution in [2.24, 2.45) is 5.73 Å². The lowest BCUT2D eigenvalue weighted by molar-refractivity contribution is 0.237. The number of unbranched alkanes of at least 4 members (excludes halogenated alkanes) is 1. The van der Waals surface area contributed by atoms with E-state index in [-0.39, 0.29) is 0 Å². The van der Waals surface area contributed by atoms with Crippen molar-refractivity contribution in [3.63, 3.8) is 0 Å². The Hall–Kier alpha value is -0.160. The van der Waals surface area contributed by atoms with Crippen LogP contribution in [0.2, 0.25) is 0 Å². The third-order valence-electron chi connectivity index (χ3n) is 3.09. The Labute approximate surface area is 114 Å². The molecule has 0 aromatic rings. The summed E-state index contributed by atoms with van der Waals surface area (Å²) in [6.07, 6.45) is 4.91. The molecule has 0 fully saturated rings. The third kappa shape index (κ3) is 12.3. The van der Waals surface area contributed by atoms with Crippen molar-refractivity contribution in [1.82, 2.24) is 14.7 Å². The molecule has 0 aliphatic carbocycles. The van der Waals surface area contributed by atoms with Gasteiger partial charge in [-0.15, -0.1) is 0 Å². The van der Waals surface area contributed by atoms with E-state index >= 15 is 0 Å². The first-order chi connectivity index (χ1) is 8.56. The number of nitrogens with zero attached hydrogens (tertiary/aromatic N) is 3. The minimum Gasteiger partial charge on any atom is -0.330 e. The Morgan fingerprint density at radius 1 is 0.611 bits per heavy atom. The molecule has 0 atom stereocenters. The van der Waals surface area contributed by atoms with Gasteiger partial charge >= 0.3 is 0 Å². The highest BCUT2D eigenvalue weighted by Gasteiger charge is 2.05. The highest BCUT2D eigenvalue weighted by atomic mass is 15.1. The molecule has 0 unspecified atom stereocenters. The Bertz CT molecular complexity index is 157. The van der Waals surface area contributed by atoms with Crippen LogP contribution in [0.15, 0.2) is 0 Å². The highest BCUT2D eigenvalue weighted by Crippen LogP contribution is 2.00. The van der Waals surface area contributed by atoms with Gasteiger partial charge in [-0.05, 0) is 93.1 Å². The summed E-state index contributed by atoms with van der Waals surface area (Å²) < 4.78 is 0. The van der Waals surface area contributed by atoms with E-state index in [0.29, 0.717) is 0 Å². The topological polar surface area (TPSA) is 35.7 Å². The van der Waals surface area contributed by atoms with E-state index in [1.54, 1.807) is 0 Å². The fraction of sp³-hybridized carbons (Fsp3) is 1.00. The maximum Gasteiger partial charge on any atom is -0.000654 e. The van der Waals surface area contributed by atoms with Crippen LogP contribution in [-0.2, 0) is 0 Å². The molecule has 0 spiro atoms. The van der Waals surface area contributed by atoms with Crippen LogP contribution in [0, 0.1) is 0 Å². The normalized spacial score (nSPS) is 12.0. The van der Waals surface area contributed by atoms with Crippen molar-refractivity contribution in [3.05, 3.63) is 0 Å². The molecule has 0 heterocycles. The van der Waals surface area contributed by atoms with Crippen LogP contribution in [0.1, 0.15) is 25.7 Å². The molecule has 0 aliphatic heterocycles. The quantitative estimate of drug-likeness (QED) is 0.528. The van der Waals surface area contributed by atoms with Crippen LogP contribution >= 0.6 is 0 Å². The van der Waals surface area contributed by atoms with Crippen LogP contribution in [0.3, 0.4) is 0 Å². The zero-order valence-electron chi connectivity index (χ0n) is 13.0. The first-order valence-electron chi connectivity index (χ1n) is 7.28. The van der Waals surface area contributed by atoms with E-state index in [4.69, 9.17) is 5.73 Å². The average Bonchev–Trinajstić information content (AvgIpc) is 2.27. The zero-order valence-corrected chi connectivity index (χ0v) is 13.0.